The number of carbonyl (C=O) groups is 2. The molecule has 130 valence electrons. The summed E-state index contributed by atoms with van der Waals surface area (Å²) < 4.78 is 0. The highest BCUT2D eigenvalue weighted by molar-refractivity contribution is 8.00. The standard InChI is InChI=1S/C19H26N2O2S/c1-4-18-21(17(22)12-14(2)3)16(13-24-18)19(23)20-11-10-15-8-6-5-7-9-15/h5-9,12,16,18H,4,10-11,13H2,1-3H3,(H,20,23). The normalized spacial score (nSPS) is 19.9. The number of rotatable bonds is 6. The highest BCUT2D eigenvalue weighted by atomic mass is 32.2. The first kappa shape index (κ1) is 18.6. The van der Waals surface area contributed by atoms with Gasteiger partial charge in [-0.3, -0.25) is 9.59 Å². The highest BCUT2D eigenvalue weighted by Gasteiger charge is 2.39. The molecule has 1 saturated heterocycles. The van der Waals surface area contributed by atoms with E-state index in [1.54, 1.807) is 22.7 Å². The Bertz CT molecular complexity index is 597. The molecule has 5 heteroatoms. The Hall–Kier alpha value is -1.75. The number of allylic oxidation sites excluding steroid dienone is 1. The number of amides is 2. The third-order valence-electron chi connectivity index (χ3n) is 3.97. The molecule has 0 radical (unpaired) electrons. The second kappa shape index (κ2) is 8.92. The van der Waals surface area contributed by atoms with Gasteiger partial charge in [-0.15, -0.1) is 11.8 Å². The fourth-order valence-electron chi connectivity index (χ4n) is 2.79. The Morgan fingerprint density at radius 2 is 2.00 bits per heavy atom. The summed E-state index contributed by atoms with van der Waals surface area (Å²) in [6.45, 7) is 6.44. The number of nitrogens with one attached hydrogen (secondary N) is 1. The topological polar surface area (TPSA) is 49.4 Å². The maximum absolute atomic E-state index is 12.6. The Labute approximate surface area is 148 Å². The van der Waals surface area contributed by atoms with Crippen molar-refractivity contribution in [2.75, 3.05) is 12.3 Å². The molecule has 4 nitrogen and oxygen atoms in total. The number of hydrogen-bond donors (Lipinski definition) is 1. The Morgan fingerprint density at radius 3 is 2.62 bits per heavy atom. The van der Waals surface area contributed by atoms with Crippen molar-refractivity contribution in [3.05, 3.63) is 47.5 Å². The molecule has 1 aromatic rings. The Balaban J connectivity index is 1.96. The largest absolute Gasteiger partial charge is 0.354 e. The van der Waals surface area contributed by atoms with E-state index in [2.05, 4.69) is 24.4 Å². The van der Waals surface area contributed by atoms with E-state index >= 15 is 0 Å². The van der Waals surface area contributed by atoms with Crippen LogP contribution in [0.1, 0.15) is 32.8 Å². The average molecular weight is 346 g/mol. The van der Waals surface area contributed by atoms with Gasteiger partial charge in [0.05, 0.1) is 5.37 Å². The number of thioether (sulfide) groups is 1. The number of hydrogen-bond acceptors (Lipinski definition) is 3. The maximum Gasteiger partial charge on any atom is 0.248 e. The molecule has 1 N–H and O–H groups in total. The lowest BCUT2D eigenvalue weighted by molar-refractivity contribution is -0.136. The van der Waals surface area contributed by atoms with Crippen LogP contribution >= 0.6 is 11.8 Å². The molecule has 1 aliphatic heterocycles. The van der Waals surface area contributed by atoms with E-state index in [1.165, 1.54) is 5.56 Å². The zero-order valence-corrected chi connectivity index (χ0v) is 15.4. The molecule has 1 aliphatic rings. The zero-order valence-electron chi connectivity index (χ0n) is 14.6. The van der Waals surface area contributed by atoms with Crippen molar-refractivity contribution >= 4 is 23.6 Å². The zero-order chi connectivity index (χ0) is 17.5. The van der Waals surface area contributed by atoms with Gasteiger partial charge in [0.1, 0.15) is 6.04 Å². The SMILES string of the molecule is CCC1SCC(C(=O)NCCc2ccccc2)N1C(=O)C=C(C)C. The molecule has 0 saturated carbocycles. The number of carbonyl (C=O) groups excluding carboxylic acids is 2. The Morgan fingerprint density at radius 1 is 1.29 bits per heavy atom. The lowest BCUT2D eigenvalue weighted by Gasteiger charge is -2.27. The molecular formula is C19H26N2O2S. The number of benzene rings is 1. The summed E-state index contributed by atoms with van der Waals surface area (Å²) in [4.78, 5) is 26.8. The fourth-order valence-corrected chi connectivity index (χ4v) is 4.15. The predicted molar refractivity (Wildman–Crippen MR) is 99.8 cm³/mol. The van der Waals surface area contributed by atoms with Crippen LogP contribution in [0.5, 0.6) is 0 Å². The molecule has 0 spiro atoms. The van der Waals surface area contributed by atoms with Crippen LogP contribution in [-0.2, 0) is 16.0 Å². The third-order valence-corrected chi connectivity index (χ3v) is 5.42. The van der Waals surface area contributed by atoms with E-state index in [-0.39, 0.29) is 23.2 Å². The van der Waals surface area contributed by atoms with Crippen molar-refractivity contribution in [1.29, 1.82) is 0 Å². The molecule has 2 rings (SSSR count). The van der Waals surface area contributed by atoms with Gasteiger partial charge in [0, 0.05) is 18.4 Å². The van der Waals surface area contributed by atoms with Crippen LogP contribution in [0.3, 0.4) is 0 Å². The fraction of sp³-hybridized carbons (Fsp3) is 0.474. The van der Waals surface area contributed by atoms with E-state index in [4.69, 9.17) is 0 Å². The highest BCUT2D eigenvalue weighted by Crippen LogP contribution is 2.31. The second-order valence-corrected chi connectivity index (χ2v) is 7.42. The first-order valence-corrected chi connectivity index (χ1v) is 9.48. The molecule has 0 aromatic heterocycles. The molecule has 2 unspecified atom stereocenters. The van der Waals surface area contributed by atoms with Crippen LogP contribution < -0.4 is 5.32 Å². The second-order valence-electron chi connectivity index (χ2n) is 6.21. The van der Waals surface area contributed by atoms with E-state index in [1.807, 2.05) is 32.0 Å². The first-order chi connectivity index (χ1) is 11.5. The molecule has 1 heterocycles. The van der Waals surface area contributed by atoms with E-state index in [0.717, 1.165) is 18.4 Å². The van der Waals surface area contributed by atoms with Crippen molar-refractivity contribution < 1.29 is 9.59 Å². The van der Waals surface area contributed by atoms with Crippen molar-refractivity contribution in [3.8, 4) is 0 Å². The predicted octanol–water partition coefficient (Wildman–Crippen LogP) is 2.99. The van der Waals surface area contributed by atoms with Gasteiger partial charge in [0.2, 0.25) is 11.8 Å². The molecule has 2 atom stereocenters. The smallest absolute Gasteiger partial charge is 0.248 e. The molecule has 1 fully saturated rings. The average Bonchev–Trinajstić information content (AvgIpc) is 2.99. The van der Waals surface area contributed by atoms with Gasteiger partial charge in [-0.25, -0.2) is 0 Å². The molecule has 0 aliphatic carbocycles. The van der Waals surface area contributed by atoms with Crippen molar-refractivity contribution in [2.24, 2.45) is 0 Å². The molecule has 1 aromatic carbocycles. The number of nitrogens with zero attached hydrogens (tertiary/aromatic N) is 1. The van der Waals surface area contributed by atoms with Crippen LogP contribution in [0.15, 0.2) is 42.0 Å². The quantitative estimate of drug-likeness (QED) is 0.806. The molecule has 24 heavy (non-hydrogen) atoms. The van der Waals surface area contributed by atoms with Crippen LogP contribution in [-0.4, -0.2) is 40.4 Å². The van der Waals surface area contributed by atoms with Gasteiger partial charge in [-0.05, 0) is 32.3 Å². The summed E-state index contributed by atoms with van der Waals surface area (Å²) in [5, 5.41) is 3.07. The van der Waals surface area contributed by atoms with Crippen LogP contribution in [0, 0.1) is 0 Å². The van der Waals surface area contributed by atoms with Gasteiger partial charge >= 0.3 is 0 Å². The minimum absolute atomic E-state index is 0.0510. The molecule has 2 amide bonds. The van der Waals surface area contributed by atoms with E-state index in [0.29, 0.717) is 12.3 Å². The van der Waals surface area contributed by atoms with Gasteiger partial charge in [0.25, 0.3) is 0 Å². The minimum Gasteiger partial charge on any atom is -0.354 e. The maximum atomic E-state index is 12.6. The summed E-state index contributed by atoms with van der Waals surface area (Å²) in [6, 6.07) is 9.70. The Kier molecular flexibility index (Phi) is 6.91. The minimum atomic E-state index is -0.376. The van der Waals surface area contributed by atoms with E-state index in [9.17, 15) is 9.59 Å². The van der Waals surface area contributed by atoms with Gasteiger partial charge in [-0.1, -0.05) is 42.8 Å². The third kappa shape index (κ3) is 4.87. The first-order valence-electron chi connectivity index (χ1n) is 8.43. The molecular weight excluding hydrogens is 320 g/mol. The summed E-state index contributed by atoms with van der Waals surface area (Å²) in [5.41, 5.74) is 2.15. The molecule has 0 bridgehead atoms. The summed E-state index contributed by atoms with van der Waals surface area (Å²) in [7, 11) is 0. The van der Waals surface area contributed by atoms with Crippen molar-refractivity contribution in [2.45, 2.75) is 45.0 Å². The van der Waals surface area contributed by atoms with Crippen LogP contribution in [0.2, 0.25) is 0 Å². The van der Waals surface area contributed by atoms with Crippen LogP contribution in [0.4, 0.5) is 0 Å². The van der Waals surface area contributed by atoms with Gasteiger partial charge < -0.3 is 10.2 Å². The van der Waals surface area contributed by atoms with Crippen LogP contribution in [0.25, 0.3) is 0 Å². The summed E-state index contributed by atoms with van der Waals surface area (Å²) in [6.07, 6.45) is 3.27. The monoisotopic (exact) mass is 346 g/mol. The summed E-state index contributed by atoms with van der Waals surface area (Å²) in [5.74, 6) is 0.554. The van der Waals surface area contributed by atoms with Gasteiger partial charge in [-0.2, -0.15) is 0 Å². The van der Waals surface area contributed by atoms with E-state index < -0.39 is 0 Å². The lowest BCUT2D eigenvalue weighted by Crippen LogP contribution is -2.49. The van der Waals surface area contributed by atoms with Crippen molar-refractivity contribution in [3.63, 3.8) is 0 Å². The van der Waals surface area contributed by atoms with Crippen molar-refractivity contribution in [1.82, 2.24) is 10.2 Å². The lowest BCUT2D eigenvalue weighted by atomic mass is 10.1. The summed E-state index contributed by atoms with van der Waals surface area (Å²) >= 11 is 1.69. The van der Waals surface area contributed by atoms with Gasteiger partial charge in [0.15, 0.2) is 0 Å².